The molecule has 0 aliphatic heterocycles. The van der Waals surface area contributed by atoms with Gasteiger partial charge >= 0.3 is 17.9 Å². The zero-order chi connectivity index (χ0) is 40.7. The van der Waals surface area contributed by atoms with Crippen LogP contribution in [-0.4, -0.2) is 64.5 Å². The van der Waals surface area contributed by atoms with Gasteiger partial charge in [0.05, 0.1) is 23.7 Å². The molecule has 4 aromatic rings. The van der Waals surface area contributed by atoms with Crippen molar-refractivity contribution in [1.82, 2.24) is 9.80 Å². The van der Waals surface area contributed by atoms with Gasteiger partial charge in [0.25, 0.3) is 0 Å². The van der Waals surface area contributed by atoms with Gasteiger partial charge in [-0.15, -0.1) is 0 Å². The minimum absolute atomic E-state index is 0.109. The van der Waals surface area contributed by atoms with Crippen LogP contribution in [0.5, 0.6) is 23.0 Å². The Morgan fingerprint density at radius 1 is 0.526 bits per heavy atom. The van der Waals surface area contributed by atoms with Gasteiger partial charge in [0.1, 0.15) is 23.0 Å². The largest absolute Gasteiger partial charge is 0.481 e. The van der Waals surface area contributed by atoms with Crippen LogP contribution in [0.25, 0.3) is 0 Å². The minimum Gasteiger partial charge on any atom is -0.481 e. The molecule has 1 saturated carbocycles. The molecule has 12 nitrogen and oxygen atoms in total. The van der Waals surface area contributed by atoms with Gasteiger partial charge in [0, 0.05) is 32.6 Å². The number of hydrogen-bond acceptors (Lipinski definition) is 9. The van der Waals surface area contributed by atoms with E-state index < -0.39 is 60.2 Å². The number of hydrogen-bond donors (Lipinski definition) is 1. The minimum atomic E-state index is -1.55. The first-order valence-corrected chi connectivity index (χ1v) is 19.4. The van der Waals surface area contributed by atoms with Gasteiger partial charge in [-0.2, -0.15) is 0 Å². The average Bonchev–Trinajstić information content (AvgIpc) is 3.19. The van der Waals surface area contributed by atoms with Gasteiger partial charge < -0.3 is 33.9 Å². The molecule has 0 unspecified atom stereocenters. The summed E-state index contributed by atoms with van der Waals surface area (Å²) >= 11 is 0. The first-order valence-electron chi connectivity index (χ1n) is 19.4. The fraction of sp³-hybridized carbons (Fsp3) is 0.356. The number of rotatable bonds is 20. The molecule has 57 heavy (non-hydrogen) atoms. The van der Waals surface area contributed by atoms with Crippen molar-refractivity contribution in [3.63, 3.8) is 0 Å². The number of nitrogens with zero attached hydrogens (tertiary/aromatic N) is 2. The molecule has 0 aromatic heterocycles. The lowest BCUT2D eigenvalue weighted by Gasteiger charge is -2.49. The predicted octanol–water partition coefficient (Wildman–Crippen LogP) is 7.86. The van der Waals surface area contributed by atoms with Crippen LogP contribution in [0.2, 0.25) is 0 Å². The van der Waals surface area contributed by atoms with E-state index >= 15 is 0 Å². The summed E-state index contributed by atoms with van der Waals surface area (Å²) in [6, 6.07) is 33.1. The van der Waals surface area contributed by atoms with Crippen LogP contribution in [0.3, 0.4) is 0 Å². The third-order valence-electron chi connectivity index (χ3n) is 9.71. The molecule has 0 heterocycles. The Morgan fingerprint density at radius 3 is 1.35 bits per heavy atom. The van der Waals surface area contributed by atoms with Crippen LogP contribution in [-0.2, 0) is 46.5 Å². The van der Waals surface area contributed by atoms with Crippen molar-refractivity contribution in [2.45, 2.75) is 59.5 Å². The first kappa shape index (κ1) is 42.0. The summed E-state index contributed by atoms with van der Waals surface area (Å²) in [5.74, 6) is -7.30. The number of benzene rings is 4. The summed E-state index contributed by atoms with van der Waals surface area (Å²) in [6.07, 6.45) is 1.75. The smallest absolute Gasteiger partial charge is 0.313 e. The quantitative estimate of drug-likeness (QED) is 0.0695. The highest BCUT2D eigenvalue weighted by molar-refractivity contribution is 6.00. The second-order valence-electron chi connectivity index (χ2n) is 13.9. The lowest BCUT2D eigenvalue weighted by molar-refractivity contribution is -0.196. The number of esters is 2. The SMILES string of the molecule is CCCC(=O)OCOC(=O)[C@@H]1[C@@H](C(=O)O)[C@@H](C(=O)N(CCC)Cc2ccc(Oc3ccccc3)cc2)[C@@H]1C(=O)N(CCC)Cc1ccc(Oc2ccccc2)cc1. The topological polar surface area (TPSA) is 149 Å². The van der Waals surface area contributed by atoms with Crippen LogP contribution >= 0.6 is 0 Å². The predicted molar refractivity (Wildman–Crippen MR) is 211 cm³/mol. The Morgan fingerprint density at radius 2 is 0.947 bits per heavy atom. The summed E-state index contributed by atoms with van der Waals surface area (Å²) in [6.45, 7) is 5.69. The maximum atomic E-state index is 14.6. The fourth-order valence-corrected chi connectivity index (χ4v) is 7.00. The molecule has 0 radical (unpaired) electrons. The van der Waals surface area contributed by atoms with Gasteiger partial charge in [-0.3, -0.25) is 24.0 Å². The molecule has 1 aliphatic carbocycles. The number of carbonyl (C=O) groups is 5. The molecule has 1 aliphatic rings. The summed E-state index contributed by atoms with van der Waals surface area (Å²) in [7, 11) is 0. The molecule has 1 fully saturated rings. The third kappa shape index (κ3) is 11.2. The van der Waals surface area contributed by atoms with E-state index in [9.17, 15) is 29.1 Å². The molecule has 0 bridgehead atoms. The maximum absolute atomic E-state index is 14.6. The summed E-state index contributed by atoms with van der Waals surface area (Å²) in [5.41, 5.74) is 1.53. The van der Waals surface area contributed by atoms with Crippen LogP contribution in [0.4, 0.5) is 0 Å². The van der Waals surface area contributed by atoms with Gasteiger partial charge in [-0.1, -0.05) is 81.4 Å². The van der Waals surface area contributed by atoms with Crippen molar-refractivity contribution in [3.05, 3.63) is 120 Å². The van der Waals surface area contributed by atoms with Gasteiger partial charge in [0.15, 0.2) is 0 Å². The van der Waals surface area contributed by atoms with E-state index in [2.05, 4.69) is 0 Å². The zero-order valence-corrected chi connectivity index (χ0v) is 32.6. The van der Waals surface area contributed by atoms with Crippen molar-refractivity contribution < 1.29 is 48.0 Å². The number of amides is 2. The second kappa shape index (κ2) is 20.7. The average molecular weight is 779 g/mol. The van der Waals surface area contributed by atoms with E-state index in [-0.39, 0.29) is 32.6 Å². The molecule has 4 atom stereocenters. The van der Waals surface area contributed by atoms with Crippen LogP contribution in [0, 0.1) is 23.7 Å². The molecule has 0 saturated heterocycles. The Hall–Kier alpha value is -6.17. The van der Waals surface area contributed by atoms with Gasteiger partial charge in [-0.05, 0) is 78.9 Å². The number of aliphatic carboxylic acids is 1. The molecular weight excluding hydrogens is 728 g/mol. The van der Waals surface area contributed by atoms with E-state index in [0.717, 1.165) is 11.1 Å². The summed E-state index contributed by atoms with van der Waals surface area (Å²) in [5, 5.41) is 10.5. The van der Waals surface area contributed by atoms with Crippen molar-refractivity contribution in [2.75, 3.05) is 19.9 Å². The second-order valence-corrected chi connectivity index (χ2v) is 13.9. The van der Waals surface area contributed by atoms with E-state index in [1.165, 1.54) is 4.90 Å². The zero-order valence-electron chi connectivity index (χ0n) is 32.6. The third-order valence-corrected chi connectivity index (χ3v) is 9.71. The van der Waals surface area contributed by atoms with Crippen molar-refractivity contribution >= 4 is 29.7 Å². The van der Waals surface area contributed by atoms with Crippen LogP contribution in [0.15, 0.2) is 109 Å². The molecule has 1 N–H and O–H groups in total. The summed E-state index contributed by atoms with van der Waals surface area (Å²) in [4.78, 5) is 70.8. The Labute approximate surface area is 333 Å². The fourth-order valence-electron chi connectivity index (χ4n) is 7.00. The van der Waals surface area contributed by atoms with Crippen LogP contribution < -0.4 is 9.47 Å². The Balaban J connectivity index is 1.40. The Kier molecular flexibility index (Phi) is 15.2. The monoisotopic (exact) mass is 778 g/mol. The molecule has 2 amide bonds. The molecular formula is C45H50N2O10. The maximum Gasteiger partial charge on any atom is 0.313 e. The molecule has 300 valence electrons. The lowest BCUT2D eigenvalue weighted by atomic mass is 9.55. The van der Waals surface area contributed by atoms with Crippen LogP contribution in [0.1, 0.15) is 57.6 Å². The highest BCUT2D eigenvalue weighted by Crippen LogP contribution is 2.49. The first-order chi connectivity index (χ1) is 27.6. The molecule has 5 rings (SSSR count). The number of carboxylic acids is 1. The van der Waals surface area contributed by atoms with E-state index in [4.69, 9.17) is 18.9 Å². The van der Waals surface area contributed by atoms with Gasteiger partial charge in [0.2, 0.25) is 18.6 Å². The number of carboxylic acid groups (broad SMARTS) is 1. The molecule has 0 spiro atoms. The highest BCUT2D eigenvalue weighted by atomic mass is 16.7. The highest BCUT2D eigenvalue weighted by Gasteiger charge is 2.65. The van der Waals surface area contributed by atoms with E-state index in [1.807, 2.05) is 98.8 Å². The Bertz CT molecular complexity index is 1940. The van der Waals surface area contributed by atoms with Gasteiger partial charge in [-0.25, -0.2) is 0 Å². The van der Waals surface area contributed by atoms with E-state index in [0.29, 0.717) is 42.3 Å². The van der Waals surface area contributed by atoms with Crippen molar-refractivity contribution in [3.8, 4) is 23.0 Å². The lowest BCUT2D eigenvalue weighted by Crippen LogP contribution is -2.64. The number of ether oxygens (including phenoxy) is 4. The summed E-state index contributed by atoms with van der Waals surface area (Å²) < 4.78 is 22.1. The molecule has 4 aromatic carbocycles. The number of para-hydroxylation sites is 2. The normalized spacial score (nSPS) is 17.0. The standard InChI is InChI=1S/C45H50N2O10/c1-4-13-37(48)54-30-55-45(53)41-39(43(50)47(27-6-3)29-32-20-24-36(25-21-32)57-34-16-11-8-12-17-34)38(40(41)44(51)52)42(49)46(26-5-2)28-31-18-22-35(23-19-31)56-33-14-9-7-10-15-33/h7-12,14-25,38-41H,4-6,13,26-30H2,1-3H3,(H,51,52)/t38-,39-,40-,41-/m0/s1. The molecule has 12 heteroatoms. The van der Waals surface area contributed by atoms with Crippen molar-refractivity contribution in [1.29, 1.82) is 0 Å². The van der Waals surface area contributed by atoms with E-state index in [1.54, 1.807) is 36.1 Å². The number of carbonyl (C=O) groups excluding carboxylic acids is 4. The van der Waals surface area contributed by atoms with Crippen molar-refractivity contribution in [2.24, 2.45) is 23.7 Å².